The number of rotatable bonds is 4. The highest BCUT2D eigenvalue weighted by molar-refractivity contribution is 5.83. The second-order valence-electron chi connectivity index (χ2n) is 8.45. The summed E-state index contributed by atoms with van der Waals surface area (Å²) in [5, 5.41) is 4.53. The first-order valence-corrected chi connectivity index (χ1v) is 10.3. The van der Waals surface area contributed by atoms with Gasteiger partial charge in [-0.25, -0.2) is 0 Å². The minimum absolute atomic E-state index is 0.104. The van der Waals surface area contributed by atoms with Gasteiger partial charge in [0, 0.05) is 17.5 Å². The average Bonchev–Trinajstić information content (AvgIpc) is 2.74. The molecule has 0 spiro atoms. The van der Waals surface area contributed by atoms with Crippen LogP contribution in [0, 0.1) is 5.92 Å². The zero-order valence-corrected chi connectivity index (χ0v) is 16.7. The van der Waals surface area contributed by atoms with E-state index in [1.54, 1.807) is 0 Å². The van der Waals surface area contributed by atoms with Crippen molar-refractivity contribution in [2.75, 3.05) is 0 Å². The van der Waals surface area contributed by atoms with Gasteiger partial charge in [-0.05, 0) is 68.7 Å². The summed E-state index contributed by atoms with van der Waals surface area (Å²) in [5.74, 6) is 0.804. The smallest absolute Gasteiger partial charge is 0.223 e. The first kappa shape index (κ1) is 18.7. The van der Waals surface area contributed by atoms with Gasteiger partial charge < -0.3 is 5.32 Å². The Kier molecular flexibility index (Phi) is 5.17. The Morgan fingerprint density at radius 2 is 1.61 bits per heavy atom. The molecule has 144 valence electrons. The van der Waals surface area contributed by atoms with Crippen molar-refractivity contribution in [2.45, 2.75) is 51.0 Å². The first-order chi connectivity index (χ1) is 13.5. The molecule has 1 N–H and O–H groups in total. The lowest BCUT2D eigenvalue weighted by Gasteiger charge is -2.33. The fourth-order valence-corrected chi connectivity index (χ4v) is 4.48. The van der Waals surface area contributed by atoms with Gasteiger partial charge in [0.2, 0.25) is 5.91 Å². The number of aromatic nitrogens is 1. The highest BCUT2D eigenvalue weighted by Crippen LogP contribution is 2.38. The van der Waals surface area contributed by atoms with Crippen LogP contribution in [-0.2, 0) is 10.3 Å². The normalized spacial score (nSPS) is 20.1. The predicted octanol–water partition coefficient (Wildman–Crippen LogP) is 5.56. The number of pyridine rings is 1. The molecule has 0 unspecified atom stereocenters. The molecule has 0 radical (unpaired) electrons. The zero-order valence-electron chi connectivity index (χ0n) is 16.7. The molecule has 2 aromatic carbocycles. The fraction of sp³-hybridized carbons (Fsp3) is 0.360. The van der Waals surface area contributed by atoms with Gasteiger partial charge in [-0.1, -0.05) is 48.5 Å². The van der Waals surface area contributed by atoms with Gasteiger partial charge in [0.05, 0.1) is 11.1 Å². The molecule has 3 nitrogen and oxygen atoms in total. The van der Waals surface area contributed by atoms with Crippen LogP contribution in [0.5, 0.6) is 0 Å². The van der Waals surface area contributed by atoms with E-state index < -0.39 is 0 Å². The summed E-state index contributed by atoms with van der Waals surface area (Å²) in [4.78, 5) is 17.4. The van der Waals surface area contributed by atoms with E-state index in [1.807, 2.05) is 30.5 Å². The topological polar surface area (TPSA) is 42.0 Å². The van der Waals surface area contributed by atoms with Crippen LogP contribution in [0.1, 0.15) is 56.6 Å². The van der Waals surface area contributed by atoms with E-state index in [2.05, 4.69) is 60.5 Å². The molecule has 3 heteroatoms. The summed E-state index contributed by atoms with van der Waals surface area (Å²) in [7, 11) is 0. The molecular formula is C25H28N2O. The van der Waals surface area contributed by atoms with Crippen molar-refractivity contribution in [1.82, 2.24) is 10.3 Å². The lowest BCUT2D eigenvalue weighted by Crippen LogP contribution is -2.44. The maximum Gasteiger partial charge on any atom is 0.223 e. The van der Waals surface area contributed by atoms with Crippen molar-refractivity contribution in [2.24, 2.45) is 5.92 Å². The number of carbonyl (C=O) groups excluding carboxylic acids is 1. The maximum absolute atomic E-state index is 12.9. The molecule has 1 fully saturated rings. The van der Waals surface area contributed by atoms with Gasteiger partial charge in [-0.2, -0.15) is 0 Å². The minimum atomic E-state index is -0.351. The number of hydrogen-bond donors (Lipinski definition) is 1. The number of nitrogens with one attached hydrogen (secondary N) is 1. The minimum Gasteiger partial charge on any atom is -0.347 e. The molecule has 1 heterocycles. The van der Waals surface area contributed by atoms with Crippen LogP contribution >= 0.6 is 0 Å². The number of benzene rings is 2. The molecule has 3 aromatic rings. The number of para-hydroxylation sites is 1. The van der Waals surface area contributed by atoms with E-state index in [-0.39, 0.29) is 17.4 Å². The van der Waals surface area contributed by atoms with Crippen LogP contribution < -0.4 is 5.32 Å². The second-order valence-corrected chi connectivity index (χ2v) is 8.45. The van der Waals surface area contributed by atoms with Crippen LogP contribution in [0.4, 0.5) is 0 Å². The van der Waals surface area contributed by atoms with Crippen LogP contribution in [0.3, 0.4) is 0 Å². The van der Waals surface area contributed by atoms with Gasteiger partial charge >= 0.3 is 0 Å². The van der Waals surface area contributed by atoms with Crippen molar-refractivity contribution in [1.29, 1.82) is 0 Å². The number of hydrogen-bond acceptors (Lipinski definition) is 2. The number of nitrogens with zero attached hydrogens (tertiary/aromatic N) is 1. The molecule has 0 saturated heterocycles. The molecule has 1 saturated carbocycles. The molecule has 0 bridgehead atoms. The molecule has 4 rings (SSSR count). The van der Waals surface area contributed by atoms with E-state index >= 15 is 0 Å². The zero-order chi connectivity index (χ0) is 19.6. The van der Waals surface area contributed by atoms with Crippen molar-refractivity contribution in [3.63, 3.8) is 0 Å². The molecule has 1 aliphatic rings. The number of amides is 1. The predicted molar refractivity (Wildman–Crippen MR) is 114 cm³/mol. The summed E-state index contributed by atoms with van der Waals surface area (Å²) in [6, 6.07) is 20.7. The third-order valence-corrected chi connectivity index (χ3v) is 6.15. The van der Waals surface area contributed by atoms with Crippen LogP contribution in [-0.4, -0.2) is 10.9 Å². The number of fused-ring (bicyclic) bond motifs is 1. The van der Waals surface area contributed by atoms with E-state index in [9.17, 15) is 4.79 Å². The van der Waals surface area contributed by atoms with Gasteiger partial charge in [-0.3, -0.25) is 9.78 Å². The lowest BCUT2D eigenvalue weighted by molar-refractivity contribution is -0.127. The standard InChI is InChI=1S/C25H28N2O/c1-25(2,20-8-4-3-5-9-20)27-24(28)19-14-12-18(13-15-19)21-16-17-26-23-11-7-6-10-22(21)23/h3-11,16-19H,12-15H2,1-2H3,(H,27,28). The molecule has 28 heavy (non-hydrogen) atoms. The molecule has 0 aliphatic heterocycles. The second kappa shape index (κ2) is 7.75. The Morgan fingerprint density at radius 3 is 2.36 bits per heavy atom. The van der Waals surface area contributed by atoms with E-state index in [1.165, 1.54) is 10.9 Å². The Morgan fingerprint density at radius 1 is 0.929 bits per heavy atom. The Hall–Kier alpha value is -2.68. The SMILES string of the molecule is CC(C)(NC(=O)C1CCC(c2ccnc3ccccc23)CC1)c1ccccc1. The third-order valence-electron chi connectivity index (χ3n) is 6.15. The van der Waals surface area contributed by atoms with Crippen molar-refractivity contribution >= 4 is 16.8 Å². The summed E-state index contributed by atoms with van der Waals surface area (Å²) in [6.07, 6.45) is 5.91. The summed E-state index contributed by atoms with van der Waals surface area (Å²) in [6.45, 7) is 4.16. The fourth-order valence-electron chi connectivity index (χ4n) is 4.48. The van der Waals surface area contributed by atoms with Gasteiger partial charge in [0.25, 0.3) is 0 Å². The van der Waals surface area contributed by atoms with Crippen LogP contribution in [0.15, 0.2) is 66.9 Å². The molecule has 0 atom stereocenters. The Bertz CT molecular complexity index is 951. The van der Waals surface area contributed by atoms with Crippen LogP contribution in [0.2, 0.25) is 0 Å². The summed E-state index contributed by atoms with van der Waals surface area (Å²) >= 11 is 0. The number of carbonyl (C=O) groups is 1. The van der Waals surface area contributed by atoms with Crippen molar-refractivity contribution in [3.8, 4) is 0 Å². The van der Waals surface area contributed by atoms with E-state index in [0.29, 0.717) is 5.92 Å². The maximum atomic E-state index is 12.9. The summed E-state index contributed by atoms with van der Waals surface area (Å²) in [5.41, 5.74) is 3.23. The highest BCUT2D eigenvalue weighted by Gasteiger charge is 2.31. The van der Waals surface area contributed by atoms with Crippen molar-refractivity contribution in [3.05, 3.63) is 78.0 Å². The Balaban J connectivity index is 1.42. The van der Waals surface area contributed by atoms with Crippen molar-refractivity contribution < 1.29 is 4.79 Å². The highest BCUT2D eigenvalue weighted by atomic mass is 16.2. The third kappa shape index (κ3) is 3.80. The first-order valence-electron chi connectivity index (χ1n) is 10.3. The van der Waals surface area contributed by atoms with Gasteiger partial charge in [0.15, 0.2) is 0 Å². The molecular weight excluding hydrogens is 344 g/mol. The van der Waals surface area contributed by atoms with E-state index in [0.717, 1.165) is 36.8 Å². The molecule has 1 aromatic heterocycles. The average molecular weight is 373 g/mol. The van der Waals surface area contributed by atoms with E-state index in [4.69, 9.17) is 0 Å². The van der Waals surface area contributed by atoms with Crippen LogP contribution in [0.25, 0.3) is 10.9 Å². The van der Waals surface area contributed by atoms with Gasteiger partial charge in [-0.15, -0.1) is 0 Å². The largest absolute Gasteiger partial charge is 0.347 e. The quantitative estimate of drug-likeness (QED) is 0.651. The van der Waals surface area contributed by atoms with Gasteiger partial charge in [0.1, 0.15) is 0 Å². The monoisotopic (exact) mass is 372 g/mol. The molecule has 1 amide bonds. The Labute approximate surface area is 167 Å². The lowest BCUT2D eigenvalue weighted by atomic mass is 9.77. The summed E-state index contributed by atoms with van der Waals surface area (Å²) < 4.78 is 0. The molecule has 1 aliphatic carbocycles.